The number of hydrogen-bond donors (Lipinski definition) is 1. The summed E-state index contributed by atoms with van der Waals surface area (Å²) in [4.78, 5) is 59.7. The number of carbonyl (C=O) groups is 4. The van der Waals surface area contributed by atoms with Crippen LogP contribution in [0.15, 0.2) is 78.9 Å². The predicted octanol–water partition coefficient (Wildman–Crippen LogP) is 8.28. The standard InChI is InChI=1S/C45H63N5O6/c1-45(2,3)56-44(55)48(6)29-15-20-41(51)37-24-22-35(23-25-37)34-46(4)28-14-8-11-21-42(52)47(5)32-33-49-30-26-38(27-31-49)50(43(53)54)40-19-13-12-18-39(40)36-16-9-7-10-17-36/h7,9-10,12-13,16-19,22-25,38H,8,11,14-15,20-21,26-34H2,1-6H3,(H,53,54). The van der Waals surface area contributed by atoms with Gasteiger partial charge in [0.25, 0.3) is 0 Å². The predicted molar refractivity (Wildman–Crippen MR) is 223 cm³/mol. The fourth-order valence-electron chi connectivity index (χ4n) is 7.08. The number of Topliss-reactive ketones (excluding diaryl/α,β-unsaturated/α-hetero) is 1. The summed E-state index contributed by atoms with van der Waals surface area (Å²) < 4.78 is 5.37. The van der Waals surface area contributed by atoms with E-state index in [9.17, 15) is 24.3 Å². The van der Waals surface area contributed by atoms with Crippen molar-refractivity contribution in [2.24, 2.45) is 0 Å². The zero-order chi connectivity index (χ0) is 40.7. The molecular weight excluding hydrogens is 707 g/mol. The second-order valence-corrected chi connectivity index (χ2v) is 16.1. The average Bonchev–Trinajstić information content (AvgIpc) is 3.17. The molecule has 1 aliphatic heterocycles. The summed E-state index contributed by atoms with van der Waals surface area (Å²) in [6.07, 6.45) is 4.46. The molecule has 56 heavy (non-hydrogen) atoms. The van der Waals surface area contributed by atoms with Crippen molar-refractivity contribution < 1.29 is 29.0 Å². The van der Waals surface area contributed by atoms with Crippen LogP contribution in [0.4, 0.5) is 15.3 Å². The van der Waals surface area contributed by atoms with Gasteiger partial charge in [-0.3, -0.25) is 14.5 Å². The highest BCUT2D eigenvalue weighted by Crippen LogP contribution is 2.34. The van der Waals surface area contributed by atoms with Crippen LogP contribution in [0.2, 0.25) is 0 Å². The Morgan fingerprint density at radius 1 is 0.750 bits per heavy atom. The van der Waals surface area contributed by atoms with Crippen LogP contribution in [-0.2, 0) is 16.1 Å². The van der Waals surface area contributed by atoms with E-state index in [2.05, 4.69) is 16.8 Å². The van der Waals surface area contributed by atoms with Crippen molar-refractivity contribution in [3.8, 4) is 11.1 Å². The summed E-state index contributed by atoms with van der Waals surface area (Å²) in [5, 5.41) is 10.3. The minimum Gasteiger partial charge on any atom is -0.465 e. The number of ketones is 1. The molecule has 304 valence electrons. The van der Waals surface area contributed by atoms with Gasteiger partial charge in [0.05, 0.1) is 5.69 Å². The largest absolute Gasteiger partial charge is 0.465 e. The van der Waals surface area contributed by atoms with Gasteiger partial charge in [0.1, 0.15) is 5.60 Å². The van der Waals surface area contributed by atoms with Crippen LogP contribution in [0, 0.1) is 0 Å². The van der Waals surface area contributed by atoms with Gasteiger partial charge >= 0.3 is 12.2 Å². The van der Waals surface area contributed by atoms with Crippen LogP contribution in [0.1, 0.15) is 88.1 Å². The second kappa shape index (κ2) is 21.5. The molecule has 0 bridgehead atoms. The molecule has 1 aliphatic rings. The molecule has 11 heteroatoms. The molecule has 11 nitrogen and oxygen atoms in total. The maximum absolute atomic E-state index is 12.9. The molecule has 0 radical (unpaired) electrons. The third kappa shape index (κ3) is 14.1. The van der Waals surface area contributed by atoms with Gasteiger partial charge in [-0.2, -0.15) is 0 Å². The molecule has 3 aromatic rings. The fourth-order valence-corrected chi connectivity index (χ4v) is 7.08. The minimum absolute atomic E-state index is 0.0638. The Kier molecular flexibility index (Phi) is 16.9. The number of carboxylic acid groups (broad SMARTS) is 1. The highest BCUT2D eigenvalue weighted by Gasteiger charge is 2.30. The Morgan fingerprint density at radius 2 is 1.41 bits per heavy atom. The lowest BCUT2D eigenvalue weighted by molar-refractivity contribution is -0.130. The molecule has 0 aliphatic carbocycles. The highest BCUT2D eigenvalue weighted by atomic mass is 16.6. The van der Waals surface area contributed by atoms with Crippen molar-refractivity contribution >= 4 is 29.6 Å². The lowest BCUT2D eigenvalue weighted by atomic mass is 9.98. The van der Waals surface area contributed by atoms with Gasteiger partial charge < -0.3 is 29.4 Å². The highest BCUT2D eigenvalue weighted by molar-refractivity contribution is 5.96. The van der Waals surface area contributed by atoms with Crippen LogP contribution in [-0.4, -0.2) is 121 Å². The Labute approximate surface area is 334 Å². The number of carbonyl (C=O) groups excluding carboxylic acids is 3. The van der Waals surface area contributed by atoms with Gasteiger partial charge in [-0.25, -0.2) is 9.59 Å². The second-order valence-electron chi connectivity index (χ2n) is 16.1. The molecule has 1 heterocycles. The van der Waals surface area contributed by atoms with E-state index < -0.39 is 11.7 Å². The van der Waals surface area contributed by atoms with Crippen molar-refractivity contribution in [3.63, 3.8) is 0 Å². The van der Waals surface area contributed by atoms with E-state index in [1.165, 1.54) is 4.90 Å². The first-order chi connectivity index (χ1) is 26.7. The summed E-state index contributed by atoms with van der Waals surface area (Å²) in [6.45, 7) is 10.7. The number of unbranched alkanes of at least 4 members (excludes halogenated alkanes) is 2. The Balaban J connectivity index is 1.08. The zero-order valence-electron chi connectivity index (χ0n) is 34.4. The molecule has 3 aromatic carbocycles. The van der Waals surface area contributed by atoms with Crippen LogP contribution in [0.3, 0.4) is 0 Å². The molecule has 4 rings (SSSR count). The zero-order valence-corrected chi connectivity index (χ0v) is 34.4. The molecule has 0 atom stereocenters. The Hall–Kier alpha value is -4.74. The molecular formula is C45H63N5O6. The first-order valence-corrected chi connectivity index (χ1v) is 20.1. The Morgan fingerprint density at radius 3 is 2.07 bits per heavy atom. The third-order valence-corrected chi connectivity index (χ3v) is 10.3. The van der Waals surface area contributed by atoms with E-state index in [0.717, 1.165) is 87.2 Å². The fraction of sp³-hybridized carbons (Fsp3) is 0.511. The maximum Gasteiger partial charge on any atom is 0.412 e. The SMILES string of the molecule is CN(CCCCCC(=O)N(C)CCN1CCC(N(C(=O)O)c2ccccc2-c2ccccc2)CC1)Cc1ccc(C(=O)CCCN(C)C(=O)OC(C)(C)C)cc1. The van der Waals surface area contributed by atoms with E-state index in [1.807, 2.05) is 112 Å². The smallest absolute Gasteiger partial charge is 0.412 e. The number of piperidine rings is 1. The van der Waals surface area contributed by atoms with Gasteiger partial charge in [-0.15, -0.1) is 0 Å². The van der Waals surface area contributed by atoms with Crippen molar-refractivity contribution in [2.45, 2.75) is 90.3 Å². The lowest BCUT2D eigenvalue weighted by Crippen LogP contribution is -2.48. The molecule has 0 spiro atoms. The number of para-hydroxylation sites is 1. The number of benzene rings is 3. The number of hydrogen-bond acceptors (Lipinski definition) is 7. The van der Waals surface area contributed by atoms with E-state index in [-0.39, 0.29) is 23.8 Å². The van der Waals surface area contributed by atoms with Crippen molar-refractivity contribution in [1.82, 2.24) is 19.6 Å². The summed E-state index contributed by atoms with van der Waals surface area (Å²) >= 11 is 0. The average molecular weight is 770 g/mol. The van der Waals surface area contributed by atoms with E-state index in [0.29, 0.717) is 37.9 Å². The van der Waals surface area contributed by atoms with Gasteiger partial charge in [-0.1, -0.05) is 79.2 Å². The molecule has 0 unspecified atom stereocenters. The normalized spacial score (nSPS) is 13.7. The molecule has 0 aromatic heterocycles. The summed E-state index contributed by atoms with van der Waals surface area (Å²) in [6, 6.07) is 25.3. The summed E-state index contributed by atoms with van der Waals surface area (Å²) in [5.74, 6) is 0.223. The van der Waals surface area contributed by atoms with Crippen molar-refractivity contribution in [3.05, 3.63) is 90.0 Å². The van der Waals surface area contributed by atoms with E-state index in [1.54, 1.807) is 11.9 Å². The van der Waals surface area contributed by atoms with Crippen molar-refractivity contribution in [2.75, 3.05) is 65.3 Å². The number of likely N-dealkylation sites (N-methyl/N-ethyl adjacent to an activating group) is 1. The molecule has 0 saturated carbocycles. The lowest BCUT2D eigenvalue weighted by Gasteiger charge is -2.38. The number of nitrogens with zero attached hydrogens (tertiary/aromatic N) is 5. The molecule has 1 fully saturated rings. The number of rotatable bonds is 19. The number of likely N-dealkylation sites (tertiary alicyclic amines) is 1. The van der Waals surface area contributed by atoms with Gasteiger partial charge in [0.2, 0.25) is 5.91 Å². The van der Waals surface area contributed by atoms with Crippen LogP contribution < -0.4 is 4.90 Å². The van der Waals surface area contributed by atoms with Crippen LogP contribution >= 0.6 is 0 Å². The first-order valence-electron chi connectivity index (χ1n) is 20.1. The summed E-state index contributed by atoms with van der Waals surface area (Å²) in [5.41, 5.74) is 3.90. The van der Waals surface area contributed by atoms with Gasteiger partial charge in [0, 0.05) is 83.4 Å². The quantitative estimate of drug-likeness (QED) is 0.0958. The molecule has 1 saturated heterocycles. The topological polar surface area (TPSA) is 114 Å². The van der Waals surface area contributed by atoms with E-state index in [4.69, 9.17) is 4.74 Å². The molecule has 1 N–H and O–H groups in total. The van der Waals surface area contributed by atoms with Gasteiger partial charge in [-0.05, 0) is 83.7 Å². The number of ether oxygens (including phenoxy) is 1. The minimum atomic E-state index is -0.931. The van der Waals surface area contributed by atoms with Gasteiger partial charge in [0.15, 0.2) is 5.78 Å². The van der Waals surface area contributed by atoms with Crippen molar-refractivity contribution in [1.29, 1.82) is 0 Å². The van der Waals surface area contributed by atoms with Crippen LogP contribution in [0.25, 0.3) is 11.1 Å². The Bertz CT molecular complexity index is 1700. The van der Waals surface area contributed by atoms with Crippen LogP contribution in [0.5, 0.6) is 0 Å². The number of anilines is 1. The third-order valence-electron chi connectivity index (χ3n) is 10.3. The summed E-state index contributed by atoms with van der Waals surface area (Å²) in [7, 11) is 5.65. The number of amides is 3. The van der Waals surface area contributed by atoms with E-state index >= 15 is 0 Å². The monoisotopic (exact) mass is 769 g/mol. The first kappa shape index (κ1) is 44.0. The molecule has 3 amide bonds. The maximum atomic E-state index is 12.9.